The van der Waals surface area contributed by atoms with Crippen LogP contribution in [0.25, 0.3) is 0 Å². The topological polar surface area (TPSA) is 43.5 Å². The number of hydrogen-bond donors (Lipinski definition) is 0. The third-order valence-corrected chi connectivity index (χ3v) is 2.00. The molecule has 14 heavy (non-hydrogen) atoms. The largest absolute Gasteiger partial charge is 0.488 e. The lowest BCUT2D eigenvalue weighted by atomic mass is 10.4. The Labute approximate surface area is 83.1 Å². The number of rotatable bonds is 7. The van der Waals surface area contributed by atoms with Crippen molar-refractivity contribution in [2.45, 2.75) is 12.2 Å². The Hall–Kier alpha value is -1.00. The second-order valence-electron chi connectivity index (χ2n) is 3.38. The van der Waals surface area contributed by atoms with Crippen molar-refractivity contribution in [1.82, 2.24) is 0 Å². The summed E-state index contributed by atoms with van der Waals surface area (Å²) in [5.41, 5.74) is 0. The maximum absolute atomic E-state index is 5.30. The first-order valence-electron chi connectivity index (χ1n) is 4.62. The molecule has 0 saturated carbocycles. The predicted octanol–water partition coefficient (Wildman–Crippen LogP) is 0.845. The fraction of sp³-hybridized carbons (Fsp3) is 0.600. The fourth-order valence-corrected chi connectivity index (χ4v) is 0.877. The van der Waals surface area contributed by atoms with Gasteiger partial charge in [-0.3, -0.25) is 0 Å². The van der Waals surface area contributed by atoms with E-state index in [4.69, 9.17) is 18.9 Å². The lowest BCUT2D eigenvalue weighted by Gasteiger charge is -2.11. The third-order valence-electron chi connectivity index (χ3n) is 2.00. The molecule has 0 radical (unpaired) electrons. The van der Waals surface area contributed by atoms with E-state index in [-0.39, 0.29) is 12.2 Å². The summed E-state index contributed by atoms with van der Waals surface area (Å²) < 4.78 is 20.6. The first-order chi connectivity index (χ1) is 6.75. The Kier molecular flexibility index (Phi) is 2.74. The highest BCUT2D eigenvalue weighted by Crippen LogP contribution is 2.16. The Morgan fingerprint density at radius 1 is 1.00 bits per heavy atom. The van der Waals surface area contributed by atoms with E-state index >= 15 is 0 Å². The van der Waals surface area contributed by atoms with E-state index in [1.54, 1.807) is 0 Å². The molecule has 0 amide bonds. The first-order valence-corrected chi connectivity index (χ1v) is 4.62. The van der Waals surface area contributed by atoms with Crippen molar-refractivity contribution in [3.05, 3.63) is 24.7 Å². The molecule has 2 saturated heterocycles. The van der Waals surface area contributed by atoms with E-state index in [0.717, 1.165) is 13.2 Å². The quantitative estimate of drug-likeness (QED) is 0.345. The molecule has 0 N–H and O–H groups in total. The van der Waals surface area contributed by atoms with Crippen LogP contribution < -0.4 is 0 Å². The van der Waals surface area contributed by atoms with Gasteiger partial charge >= 0.3 is 0 Å². The average molecular weight is 198 g/mol. The smallest absolute Gasteiger partial charge is 0.153 e. The fourth-order valence-electron chi connectivity index (χ4n) is 0.877. The van der Waals surface area contributed by atoms with Gasteiger partial charge in [-0.1, -0.05) is 13.2 Å². The molecule has 2 unspecified atom stereocenters. The van der Waals surface area contributed by atoms with Crippen LogP contribution in [0.1, 0.15) is 0 Å². The van der Waals surface area contributed by atoms with Gasteiger partial charge < -0.3 is 18.9 Å². The number of hydrogen-bond acceptors (Lipinski definition) is 4. The van der Waals surface area contributed by atoms with Gasteiger partial charge in [0.25, 0.3) is 0 Å². The molecule has 2 aliphatic rings. The first kappa shape index (κ1) is 9.55. The van der Waals surface area contributed by atoms with Crippen molar-refractivity contribution in [3.8, 4) is 0 Å². The van der Waals surface area contributed by atoms with Crippen LogP contribution in [-0.2, 0) is 18.9 Å². The normalized spacial score (nSPS) is 28.0. The average Bonchev–Trinajstić information content (AvgIpc) is 3.02. The molecule has 78 valence electrons. The molecule has 2 rings (SSSR count). The monoisotopic (exact) mass is 198 g/mol. The van der Waals surface area contributed by atoms with Gasteiger partial charge in [-0.2, -0.15) is 0 Å². The number of epoxide rings is 2. The van der Waals surface area contributed by atoms with E-state index in [1.165, 1.54) is 0 Å². The van der Waals surface area contributed by atoms with E-state index in [2.05, 4.69) is 13.2 Å². The third kappa shape index (κ3) is 3.05. The molecule has 2 heterocycles. The highest BCUT2D eigenvalue weighted by atomic mass is 16.6. The van der Waals surface area contributed by atoms with Gasteiger partial charge in [-0.15, -0.1) is 0 Å². The molecule has 4 heteroatoms. The van der Waals surface area contributed by atoms with Crippen molar-refractivity contribution >= 4 is 0 Å². The van der Waals surface area contributed by atoms with Crippen molar-refractivity contribution in [3.63, 3.8) is 0 Å². The van der Waals surface area contributed by atoms with E-state index in [9.17, 15) is 0 Å². The zero-order valence-corrected chi connectivity index (χ0v) is 8.03. The summed E-state index contributed by atoms with van der Waals surface area (Å²) in [7, 11) is 0. The van der Waals surface area contributed by atoms with Gasteiger partial charge in [0.15, 0.2) is 11.5 Å². The van der Waals surface area contributed by atoms with Crippen LogP contribution in [0.15, 0.2) is 24.7 Å². The highest BCUT2D eigenvalue weighted by Gasteiger charge is 2.25. The highest BCUT2D eigenvalue weighted by molar-refractivity contribution is 5.12. The minimum absolute atomic E-state index is 0.228. The van der Waals surface area contributed by atoms with Crippen molar-refractivity contribution in [2.24, 2.45) is 0 Å². The Balaban J connectivity index is 1.58. The molecule has 2 atom stereocenters. The van der Waals surface area contributed by atoms with Crippen LogP contribution in [0.3, 0.4) is 0 Å². The van der Waals surface area contributed by atoms with E-state index in [1.807, 2.05) is 0 Å². The summed E-state index contributed by atoms with van der Waals surface area (Å²) in [5, 5.41) is 0. The lowest BCUT2D eigenvalue weighted by Crippen LogP contribution is -2.06. The van der Waals surface area contributed by atoms with Crippen LogP contribution in [0, 0.1) is 0 Å². The maximum atomic E-state index is 5.30. The Bertz CT molecular complexity index is 215. The van der Waals surface area contributed by atoms with Gasteiger partial charge in [-0.05, 0) is 0 Å². The second-order valence-corrected chi connectivity index (χ2v) is 3.38. The van der Waals surface area contributed by atoms with Crippen molar-refractivity contribution in [1.29, 1.82) is 0 Å². The van der Waals surface area contributed by atoms with Crippen molar-refractivity contribution in [2.75, 3.05) is 26.4 Å². The molecular formula is C10H14O4. The summed E-state index contributed by atoms with van der Waals surface area (Å²) in [5.74, 6) is 0.947. The molecule has 2 aliphatic heterocycles. The summed E-state index contributed by atoms with van der Waals surface area (Å²) in [6, 6.07) is 0. The standard InChI is InChI=1S/C10H14O4/c1-7(11-3-9-5-13-9)8(2)12-4-10-6-14-10/h9-10H,1-6H2. The zero-order chi connectivity index (χ0) is 9.97. The van der Waals surface area contributed by atoms with Crippen molar-refractivity contribution < 1.29 is 18.9 Å². The summed E-state index contributed by atoms with van der Waals surface area (Å²) in [4.78, 5) is 0. The predicted molar refractivity (Wildman–Crippen MR) is 49.7 cm³/mol. The SMILES string of the molecule is C=C(OCC1CO1)C(=C)OCC1CO1. The minimum atomic E-state index is 0.228. The Morgan fingerprint density at radius 3 is 1.64 bits per heavy atom. The second kappa shape index (κ2) is 4.02. The molecule has 0 aliphatic carbocycles. The molecule has 0 bridgehead atoms. The Morgan fingerprint density at radius 2 is 1.36 bits per heavy atom. The summed E-state index contributed by atoms with van der Waals surface area (Å²) >= 11 is 0. The van der Waals surface area contributed by atoms with Gasteiger partial charge in [0.2, 0.25) is 0 Å². The van der Waals surface area contributed by atoms with Crippen LogP contribution in [0.4, 0.5) is 0 Å². The molecule has 4 nitrogen and oxygen atoms in total. The summed E-state index contributed by atoms with van der Waals surface area (Å²) in [6.07, 6.45) is 0.456. The molecule has 0 aromatic carbocycles. The molecule has 0 spiro atoms. The molecule has 0 aromatic rings. The maximum Gasteiger partial charge on any atom is 0.153 e. The van der Waals surface area contributed by atoms with Crippen LogP contribution >= 0.6 is 0 Å². The molecular weight excluding hydrogens is 184 g/mol. The van der Waals surface area contributed by atoms with Crippen LogP contribution in [-0.4, -0.2) is 38.6 Å². The van der Waals surface area contributed by atoms with Crippen LogP contribution in [0.2, 0.25) is 0 Å². The van der Waals surface area contributed by atoms with Gasteiger partial charge in [0.1, 0.15) is 25.4 Å². The minimum Gasteiger partial charge on any atom is -0.488 e. The van der Waals surface area contributed by atoms with E-state index < -0.39 is 0 Å². The lowest BCUT2D eigenvalue weighted by molar-refractivity contribution is 0.132. The summed E-state index contributed by atoms with van der Waals surface area (Å²) in [6.45, 7) is 10.0. The zero-order valence-electron chi connectivity index (χ0n) is 8.03. The molecule has 2 fully saturated rings. The van der Waals surface area contributed by atoms with E-state index in [0.29, 0.717) is 24.7 Å². The molecule has 0 aromatic heterocycles. The van der Waals surface area contributed by atoms with Crippen LogP contribution in [0.5, 0.6) is 0 Å². The van der Waals surface area contributed by atoms with Gasteiger partial charge in [-0.25, -0.2) is 0 Å². The van der Waals surface area contributed by atoms with Gasteiger partial charge in [0.05, 0.1) is 13.2 Å². The van der Waals surface area contributed by atoms with Gasteiger partial charge in [0, 0.05) is 0 Å². The number of ether oxygens (including phenoxy) is 4.